The molecule has 0 radical (unpaired) electrons. The monoisotopic (exact) mass is 155 g/mol. The van der Waals surface area contributed by atoms with Crippen molar-refractivity contribution in [3.63, 3.8) is 0 Å². The third-order valence-corrected chi connectivity index (χ3v) is 1.09. The lowest BCUT2D eigenvalue weighted by molar-refractivity contribution is -0.118. The molecule has 0 bridgehead atoms. The van der Waals surface area contributed by atoms with Crippen molar-refractivity contribution in [1.82, 2.24) is 5.32 Å². The van der Waals surface area contributed by atoms with Crippen LogP contribution in [0.2, 0.25) is 0 Å². The number of hydrogen-bond donors (Lipinski definition) is 1. The minimum absolute atomic E-state index is 0.188. The van der Waals surface area contributed by atoms with E-state index in [1.807, 2.05) is 0 Å². The Balaban J connectivity index is 3.64. The Morgan fingerprint density at radius 1 is 1.73 bits per heavy atom. The van der Waals surface area contributed by atoms with E-state index >= 15 is 0 Å². The van der Waals surface area contributed by atoms with Crippen molar-refractivity contribution in [2.45, 2.75) is 6.42 Å². The molecule has 0 fully saturated rings. The van der Waals surface area contributed by atoms with Crippen LogP contribution in [0.5, 0.6) is 0 Å². The Labute approximate surface area is 66.7 Å². The highest BCUT2D eigenvalue weighted by atomic mass is 16.5. The van der Waals surface area contributed by atoms with Crippen LogP contribution < -0.4 is 5.32 Å². The number of carbonyl (C=O) groups is 1. The van der Waals surface area contributed by atoms with Crippen LogP contribution in [0.25, 0.3) is 0 Å². The number of allylic oxidation sites excluding steroid dienone is 1. The maximum absolute atomic E-state index is 11.0. The second kappa shape index (κ2) is 5.68. The second-order valence-electron chi connectivity index (χ2n) is 2.04. The number of hydrogen-bond acceptors (Lipinski definition) is 2. The maximum atomic E-state index is 11.0. The fourth-order valence-electron chi connectivity index (χ4n) is 0.530. The first-order valence-electron chi connectivity index (χ1n) is 3.28. The molecule has 0 aliphatic carbocycles. The average Bonchev–Trinajstić information content (AvgIpc) is 2.00. The summed E-state index contributed by atoms with van der Waals surface area (Å²) < 4.78 is 4.64. The number of methoxy groups -OCH3 is 1. The molecule has 0 unspecified atom stereocenters. The molecule has 0 aliphatic rings. The summed E-state index contributed by atoms with van der Waals surface area (Å²) in [6, 6.07) is 0. The lowest BCUT2D eigenvalue weighted by Crippen LogP contribution is -2.26. The molecule has 0 aromatic carbocycles. The van der Waals surface area contributed by atoms with Gasteiger partial charge in [0.15, 0.2) is 0 Å². The Bertz CT molecular complexity index is 163. The van der Waals surface area contributed by atoms with Crippen molar-refractivity contribution < 1.29 is 9.53 Å². The van der Waals surface area contributed by atoms with Crippen molar-refractivity contribution >= 4 is 5.91 Å². The minimum atomic E-state index is -0.188. The standard InChI is InChI=1S/C8H13NO2/c1-4-5-7(2)8(10)9-6-11-3/h4H,1-2,5-6H2,3H3,(H,9,10). The first kappa shape index (κ1) is 9.91. The third kappa shape index (κ3) is 4.33. The molecule has 0 aromatic heterocycles. The number of amides is 1. The Kier molecular flexibility index (Phi) is 5.11. The van der Waals surface area contributed by atoms with Gasteiger partial charge in [-0.15, -0.1) is 6.58 Å². The molecule has 0 atom stereocenters. The lowest BCUT2D eigenvalue weighted by atomic mass is 10.2. The number of rotatable bonds is 5. The van der Waals surface area contributed by atoms with Crippen LogP contribution in [0, 0.1) is 0 Å². The molecule has 3 nitrogen and oxygen atoms in total. The van der Waals surface area contributed by atoms with E-state index in [1.165, 1.54) is 7.11 Å². The van der Waals surface area contributed by atoms with E-state index < -0.39 is 0 Å². The molecule has 3 heteroatoms. The van der Waals surface area contributed by atoms with Crippen LogP contribution in [0.3, 0.4) is 0 Å². The maximum Gasteiger partial charge on any atom is 0.248 e. The zero-order valence-corrected chi connectivity index (χ0v) is 6.72. The van der Waals surface area contributed by atoms with E-state index in [4.69, 9.17) is 0 Å². The van der Waals surface area contributed by atoms with Gasteiger partial charge in [-0.2, -0.15) is 0 Å². The summed E-state index contributed by atoms with van der Waals surface area (Å²) in [4.78, 5) is 11.0. The quantitative estimate of drug-likeness (QED) is 0.363. The molecular weight excluding hydrogens is 142 g/mol. The van der Waals surface area contributed by atoms with Crippen LogP contribution in [-0.4, -0.2) is 19.7 Å². The van der Waals surface area contributed by atoms with Gasteiger partial charge in [-0.25, -0.2) is 0 Å². The summed E-state index contributed by atoms with van der Waals surface area (Å²) in [7, 11) is 1.51. The van der Waals surface area contributed by atoms with Crippen LogP contribution in [0.1, 0.15) is 6.42 Å². The summed E-state index contributed by atoms with van der Waals surface area (Å²) in [5.74, 6) is -0.188. The van der Waals surface area contributed by atoms with Gasteiger partial charge in [0.25, 0.3) is 0 Å². The highest BCUT2D eigenvalue weighted by Crippen LogP contribution is 1.96. The molecule has 0 rings (SSSR count). The predicted molar refractivity (Wildman–Crippen MR) is 44.0 cm³/mol. The number of nitrogens with one attached hydrogen (secondary N) is 1. The molecule has 0 saturated heterocycles. The molecule has 0 saturated carbocycles. The molecule has 1 N–H and O–H groups in total. The van der Waals surface area contributed by atoms with Crippen LogP contribution in [-0.2, 0) is 9.53 Å². The summed E-state index contributed by atoms with van der Waals surface area (Å²) in [5, 5.41) is 2.51. The fraction of sp³-hybridized carbons (Fsp3) is 0.375. The van der Waals surface area contributed by atoms with Crippen LogP contribution in [0.15, 0.2) is 24.8 Å². The minimum Gasteiger partial charge on any atom is -0.364 e. The Morgan fingerprint density at radius 2 is 2.36 bits per heavy atom. The normalized spacial score (nSPS) is 8.82. The fourth-order valence-corrected chi connectivity index (χ4v) is 0.530. The molecule has 62 valence electrons. The van der Waals surface area contributed by atoms with Crippen molar-refractivity contribution in [3.05, 3.63) is 24.8 Å². The van der Waals surface area contributed by atoms with Gasteiger partial charge >= 0.3 is 0 Å². The first-order valence-corrected chi connectivity index (χ1v) is 3.28. The van der Waals surface area contributed by atoms with Crippen LogP contribution >= 0.6 is 0 Å². The highest BCUT2D eigenvalue weighted by molar-refractivity contribution is 5.92. The summed E-state index contributed by atoms with van der Waals surface area (Å²) in [5.41, 5.74) is 0.497. The summed E-state index contributed by atoms with van der Waals surface area (Å²) >= 11 is 0. The number of carbonyl (C=O) groups excluding carboxylic acids is 1. The van der Waals surface area contributed by atoms with Crippen molar-refractivity contribution in [3.8, 4) is 0 Å². The largest absolute Gasteiger partial charge is 0.364 e. The van der Waals surface area contributed by atoms with Gasteiger partial charge < -0.3 is 10.1 Å². The third-order valence-electron chi connectivity index (χ3n) is 1.09. The smallest absolute Gasteiger partial charge is 0.248 e. The Morgan fingerprint density at radius 3 is 2.82 bits per heavy atom. The van der Waals surface area contributed by atoms with Gasteiger partial charge in [-0.3, -0.25) is 4.79 Å². The molecule has 0 aromatic rings. The summed E-state index contributed by atoms with van der Waals surface area (Å²) in [6.07, 6.45) is 2.14. The second-order valence-corrected chi connectivity index (χ2v) is 2.04. The first-order chi connectivity index (χ1) is 5.22. The van der Waals surface area contributed by atoms with E-state index in [1.54, 1.807) is 6.08 Å². The van der Waals surface area contributed by atoms with Crippen molar-refractivity contribution in [2.75, 3.05) is 13.8 Å². The molecule has 11 heavy (non-hydrogen) atoms. The highest BCUT2D eigenvalue weighted by Gasteiger charge is 2.02. The molecular formula is C8H13NO2. The lowest BCUT2D eigenvalue weighted by Gasteiger charge is -2.03. The van der Waals surface area contributed by atoms with E-state index in [9.17, 15) is 4.79 Å². The Hall–Kier alpha value is -1.09. The molecule has 0 spiro atoms. The van der Waals surface area contributed by atoms with E-state index in [-0.39, 0.29) is 12.6 Å². The SMILES string of the molecule is C=CCC(=C)C(=O)NCOC. The average molecular weight is 155 g/mol. The van der Waals surface area contributed by atoms with Gasteiger partial charge in [0.2, 0.25) is 5.91 Å². The topological polar surface area (TPSA) is 38.3 Å². The van der Waals surface area contributed by atoms with Gasteiger partial charge in [-0.1, -0.05) is 12.7 Å². The molecule has 0 aliphatic heterocycles. The van der Waals surface area contributed by atoms with Crippen molar-refractivity contribution in [1.29, 1.82) is 0 Å². The van der Waals surface area contributed by atoms with E-state index in [0.717, 1.165) is 0 Å². The van der Waals surface area contributed by atoms with E-state index in [2.05, 4.69) is 23.2 Å². The predicted octanol–water partition coefficient (Wildman–Crippen LogP) is 0.839. The zero-order chi connectivity index (χ0) is 8.69. The molecule has 1 amide bonds. The van der Waals surface area contributed by atoms with Crippen molar-refractivity contribution in [2.24, 2.45) is 0 Å². The van der Waals surface area contributed by atoms with Crippen LogP contribution in [0.4, 0.5) is 0 Å². The summed E-state index contributed by atoms with van der Waals surface area (Å²) in [6.45, 7) is 7.27. The van der Waals surface area contributed by atoms with Gasteiger partial charge in [0.1, 0.15) is 6.73 Å². The molecule has 0 heterocycles. The van der Waals surface area contributed by atoms with E-state index in [0.29, 0.717) is 12.0 Å². The number of ether oxygens (including phenoxy) is 1. The van der Waals surface area contributed by atoms with Gasteiger partial charge in [-0.05, 0) is 6.42 Å². The van der Waals surface area contributed by atoms with Gasteiger partial charge in [0, 0.05) is 12.7 Å². The van der Waals surface area contributed by atoms with Gasteiger partial charge in [0.05, 0.1) is 0 Å². The zero-order valence-electron chi connectivity index (χ0n) is 6.72.